The van der Waals surface area contributed by atoms with Crippen molar-refractivity contribution in [1.82, 2.24) is 9.97 Å². The third kappa shape index (κ3) is 10.3. The molecule has 12 nitrogen and oxygen atoms in total. The van der Waals surface area contributed by atoms with Crippen LogP contribution in [0.15, 0.2) is 87.6 Å². The summed E-state index contributed by atoms with van der Waals surface area (Å²) in [6.07, 6.45) is -8.78. The van der Waals surface area contributed by atoms with Crippen molar-refractivity contribution in [2.24, 2.45) is 0 Å². The molecule has 2 aliphatic rings. The zero-order chi connectivity index (χ0) is 45.2. The zero-order valence-corrected chi connectivity index (χ0v) is 34.4. The molecule has 4 heterocycles. The van der Waals surface area contributed by atoms with Crippen LogP contribution < -0.4 is 19.6 Å². The summed E-state index contributed by atoms with van der Waals surface area (Å²) in [4.78, 5) is 18.2. The molecule has 2 aromatic heterocycles. The van der Waals surface area contributed by atoms with E-state index in [0.717, 1.165) is 42.5 Å². The van der Waals surface area contributed by atoms with Crippen LogP contribution in [0.25, 0.3) is 0 Å². The van der Waals surface area contributed by atoms with Crippen molar-refractivity contribution in [3.63, 3.8) is 0 Å². The highest BCUT2D eigenvalue weighted by Crippen LogP contribution is 2.46. The van der Waals surface area contributed by atoms with Crippen LogP contribution in [-0.4, -0.2) is 70.3 Å². The Balaban J connectivity index is 0.000000232. The first-order valence-electron chi connectivity index (χ1n) is 18.2. The van der Waals surface area contributed by atoms with Gasteiger partial charge < -0.3 is 28.7 Å². The number of pyridine rings is 2. The Morgan fingerprint density at radius 3 is 1.67 bits per heavy atom. The van der Waals surface area contributed by atoms with Crippen molar-refractivity contribution in [2.45, 2.75) is 90.0 Å². The Hall–Kier alpha value is -4.80. The van der Waals surface area contributed by atoms with Gasteiger partial charge in [0.15, 0.2) is 31.0 Å². The Bertz CT molecular complexity index is 2480. The highest BCUT2D eigenvalue weighted by atomic mass is 32.2. The number of alkyl halides is 8. The summed E-state index contributed by atoms with van der Waals surface area (Å²) in [7, 11) is -5.70. The molecule has 0 spiro atoms. The van der Waals surface area contributed by atoms with Crippen LogP contribution in [0.4, 0.5) is 35.1 Å². The molecule has 6 rings (SSSR count). The molecule has 0 saturated carbocycles. The molecule has 0 aliphatic carbocycles. The summed E-state index contributed by atoms with van der Waals surface area (Å²) in [5, 5.41) is 0. The Kier molecular flexibility index (Phi) is 13.9. The maximum absolute atomic E-state index is 13.3. The lowest BCUT2D eigenvalue weighted by molar-refractivity contribution is -0.138. The van der Waals surface area contributed by atoms with Crippen LogP contribution in [0.1, 0.15) is 74.0 Å². The van der Waals surface area contributed by atoms with Crippen LogP contribution in [0, 0.1) is 0 Å². The Labute approximate surface area is 345 Å². The van der Waals surface area contributed by atoms with Crippen LogP contribution in [0.2, 0.25) is 0 Å². The first-order valence-corrected chi connectivity index (χ1v) is 21.1. The molecule has 1 N–H and O–H groups in total. The lowest BCUT2D eigenvalue weighted by atomic mass is 9.93. The van der Waals surface area contributed by atoms with Crippen molar-refractivity contribution in [3.05, 3.63) is 106 Å². The van der Waals surface area contributed by atoms with Gasteiger partial charge in [-0.05, 0) is 75.9 Å². The predicted octanol–water partition coefficient (Wildman–Crippen LogP) is 8.28. The van der Waals surface area contributed by atoms with Crippen LogP contribution in [0.3, 0.4) is 0 Å². The molecule has 0 bridgehead atoms. The van der Waals surface area contributed by atoms with Crippen molar-refractivity contribution < 1.29 is 75.6 Å². The molecule has 4 atom stereocenters. The van der Waals surface area contributed by atoms with E-state index in [2.05, 4.69) is 14.7 Å². The molecule has 61 heavy (non-hydrogen) atoms. The van der Waals surface area contributed by atoms with Gasteiger partial charge in [-0.1, -0.05) is 12.1 Å². The summed E-state index contributed by atoms with van der Waals surface area (Å²) >= 11 is 0. The normalized spacial score (nSPS) is 22.5. The number of hydrogen-bond acceptors (Lipinski definition) is 11. The predicted molar refractivity (Wildman–Crippen MR) is 201 cm³/mol. The number of sulfone groups is 2. The van der Waals surface area contributed by atoms with Crippen LogP contribution >= 0.6 is 0 Å². The fourth-order valence-corrected chi connectivity index (χ4v) is 10.6. The van der Waals surface area contributed by atoms with Gasteiger partial charge in [0, 0.05) is 48.9 Å². The van der Waals surface area contributed by atoms with Crippen molar-refractivity contribution in [2.75, 3.05) is 27.4 Å². The highest BCUT2D eigenvalue weighted by molar-refractivity contribution is 7.93. The summed E-state index contributed by atoms with van der Waals surface area (Å²) in [6.45, 7) is -0.326. The van der Waals surface area contributed by atoms with E-state index in [4.69, 9.17) is 18.9 Å². The quantitative estimate of drug-likeness (QED) is 0.153. The summed E-state index contributed by atoms with van der Waals surface area (Å²) in [6, 6.07) is 9.54. The number of halogens is 8. The highest BCUT2D eigenvalue weighted by Gasteiger charge is 2.48. The number of benzene rings is 2. The number of hydrogen-bond donors (Lipinski definition) is 1. The van der Waals surface area contributed by atoms with Gasteiger partial charge in [-0.3, -0.25) is 4.79 Å². The standard InChI is InChI=1S/C20H20F5NO5S.C19H20F3NO5S/c1-19(32(27,28)13-5-3-4-12(8-13)20(23,24)25)6-7-30-16(10-19)14-11-26-17(29-2)9-15(14)31-18(21)22;1-18(29(25,26)13-5-3-4-12(8-13)19(20,21)22)6-7-28-16(10-18)14-11-23-17(27-2)9-15(14)24/h3-5,8-9,11,16,18H,6-7,10H2,1-2H3;3-5,8-9,11,16H,6-7,10H2,1-2H3,(H,23,24). The second-order valence-corrected chi connectivity index (χ2v) is 19.5. The number of H-pyrrole nitrogens is 1. The van der Waals surface area contributed by atoms with Crippen molar-refractivity contribution >= 4 is 19.7 Å². The van der Waals surface area contributed by atoms with Gasteiger partial charge >= 0.3 is 19.0 Å². The molecule has 4 unspecified atom stereocenters. The molecule has 22 heteroatoms. The molecule has 2 fully saturated rings. The van der Waals surface area contributed by atoms with E-state index in [0.29, 0.717) is 12.1 Å². The molecular weight excluding hydrogens is 873 g/mol. The fourth-order valence-electron chi connectivity index (χ4n) is 6.89. The minimum atomic E-state index is -4.71. The number of methoxy groups -OCH3 is 2. The van der Waals surface area contributed by atoms with Crippen molar-refractivity contribution in [1.29, 1.82) is 0 Å². The summed E-state index contributed by atoms with van der Waals surface area (Å²) < 4.78 is 180. The topological polar surface area (TPSA) is 160 Å². The SMILES string of the molecule is COc1cc(=O)c(C2CC(C)(S(=O)(=O)c3cccc(C(F)(F)F)c3)CCO2)c[nH]1.COc1cc(OC(F)F)c(C2CC(C)(S(=O)(=O)c3cccc(C(F)(F)F)c3)CCO2)cn1. The van der Waals surface area contributed by atoms with Crippen LogP contribution in [0.5, 0.6) is 17.5 Å². The lowest BCUT2D eigenvalue weighted by Gasteiger charge is -2.38. The van der Waals surface area contributed by atoms with Gasteiger partial charge in [0.05, 0.1) is 56.8 Å². The van der Waals surface area contributed by atoms with Gasteiger partial charge in [-0.15, -0.1) is 0 Å². The number of nitrogens with one attached hydrogen (secondary N) is 1. The maximum Gasteiger partial charge on any atom is 0.416 e. The summed E-state index contributed by atoms with van der Waals surface area (Å²) in [5.74, 6) is -0.0500. The minimum absolute atomic E-state index is 0.000409. The minimum Gasteiger partial charge on any atom is -0.482 e. The van der Waals surface area contributed by atoms with Gasteiger partial charge in [0.25, 0.3) is 0 Å². The van der Waals surface area contributed by atoms with Crippen molar-refractivity contribution in [3.8, 4) is 17.5 Å². The molecule has 334 valence electrons. The van der Waals surface area contributed by atoms with E-state index >= 15 is 0 Å². The monoisotopic (exact) mass is 912 g/mol. The third-order valence-corrected chi connectivity index (χ3v) is 15.6. The largest absolute Gasteiger partial charge is 0.482 e. The second-order valence-electron chi connectivity index (χ2n) is 14.5. The van der Waals surface area contributed by atoms with Gasteiger partial charge in [-0.2, -0.15) is 35.1 Å². The molecular formula is C39H40F8N2O10S2. The zero-order valence-electron chi connectivity index (χ0n) is 32.8. The first-order chi connectivity index (χ1) is 28.3. The van der Waals surface area contributed by atoms with E-state index in [9.17, 15) is 56.8 Å². The smallest absolute Gasteiger partial charge is 0.416 e. The van der Waals surface area contributed by atoms with Gasteiger partial charge in [0.2, 0.25) is 5.88 Å². The van der Waals surface area contributed by atoms with Gasteiger partial charge in [-0.25, -0.2) is 21.8 Å². The Morgan fingerprint density at radius 1 is 0.754 bits per heavy atom. The van der Waals surface area contributed by atoms with Crippen LogP contribution in [-0.2, 0) is 41.5 Å². The molecule has 2 aromatic carbocycles. The molecule has 2 saturated heterocycles. The Morgan fingerprint density at radius 2 is 1.25 bits per heavy atom. The number of aromatic nitrogens is 2. The van der Waals surface area contributed by atoms with E-state index in [1.807, 2.05) is 0 Å². The number of rotatable bonds is 10. The van der Waals surface area contributed by atoms with Gasteiger partial charge in [0.1, 0.15) is 5.75 Å². The van der Waals surface area contributed by atoms with E-state index in [-0.39, 0.29) is 73.0 Å². The first kappa shape index (κ1) is 47.3. The molecule has 0 amide bonds. The number of aromatic amines is 1. The second kappa shape index (κ2) is 17.9. The molecule has 2 aliphatic heterocycles. The molecule has 4 aromatic rings. The number of nitrogens with zero attached hydrogens (tertiary/aromatic N) is 1. The summed E-state index contributed by atoms with van der Waals surface area (Å²) in [5.41, 5.74) is -2.19. The van der Waals surface area contributed by atoms with E-state index < -0.39 is 81.3 Å². The van der Waals surface area contributed by atoms with E-state index in [1.165, 1.54) is 46.5 Å². The maximum atomic E-state index is 13.3. The third-order valence-electron chi connectivity index (χ3n) is 10.5. The fraction of sp³-hybridized carbons (Fsp3) is 0.436. The lowest BCUT2D eigenvalue weighted by Crippen LogP contribution is -2.43. The average molecular weight is 913 g/mol. The molecule has 0 radical (unpaired) electrons. The average Bonchev–Trinajstić information content (AvgIpc) is 3.20. The van der Waals surface area contributed by atoms with E-state index in [1.54, 1.807) is 0 Å². The number of ether oxygens (including phenoxy) is 5.